The highest BCUT2D eigenvalue weighted by molar-refractivity contribution is 5.68. The number of rotatable bonds is 5. The summed E-state index contributed by atoms with van der Waals surface area (Å²) in [5, 5.41) is 3.64. The van der Waals surface area contributed by atoms with Crippen LogP contribution in [0.25, 0.3) is 0 Å². The number of carbonyl (C=O) groups excluding carboxylic acids is 1. The van der Waals surface area contributed by atoms with Crippen LogP contribution in [0.4, 0.5) is 4.79 Å². The third-order valence-electron chi connectivity index (χ3n) is 3.89. The lowest BCUT2D eigenvalue weighted by molar-refractivity contribution is 0.0252. The first kappa shape index (κ1) is 18.2. The third kappa shape index (κ3) is 5.47. The molecule has 0 aliphatic carbocycles. The Kier molecular flexibility index (Phi) is 6.47. The molecule has 1 fully saturated rings. The number of nitrogens with zero attached hydrogens (tertiary/aromatic N) is 1. The molecule has 0 radical (unpaired) electrons. The molecule has 0 aromatic rings. The smallest absolute Gasteiger partial charge is 0.410 e. The summed E-state index contributed by atoms with van der Waals surface area (Å²) in [7, 11) is 1.70. The van der Waals surface area contributed by atoms with Crippen LogP contribution in [0.2, 0.25) is 0 Å². The molecule has 1 aliphatic rings. The van der Waals surface area contributed by atoms with Crippen LogP contribution in [0.3, 0.4) is 0 Å². The van der Waals surface area contributed by atoms with Crippen LogP contribution in [0.1, 0.15) is 48.0 Å². The van der Waals surface area contributed by atoms with Crippen molar-refractivity contribution in [2.75, 3.05) is 20.2 Å². The van der Waals surface area contributed by atoms with E-state index >= 15 is 0 Å². The molecule has 5 heteroatoms. The molecule has 5 nitrogen and oxygen atoms in total. The Morgan fingerprint density at radius 2 is 1.95 bits per heavy atom. The minimum absolute atomic E-state index is 0.0188. The summed E-state index contributed by atoms with van der Waals surface area (Å²) in [6, 6.07) is 0.598. The fourth-order valence-corrected chi connectivity index (χ4v) is 2.71. The number of likely N-dealkylation sites (tertiary alicyclic amines) is 1. The topological polar surface area (TPSA) is 50.8 Å². The van der Waals surface area contributed by atoms with Crippen molar-refractivity contribution in [2.45, 2.75) is 71.8 Å². The molecule has 1 heterocycles. The van der Waals surface area contributed by atoms with Gasteiger partial charge in [-0.3, -0.25) is 0 Å². The van der Waals surface area contributed by atoms with Gasteiger partial charge in [0.15, 0.2) is 0 Å². The van der Waals surface area contributed by atoms with E-state index in [0.29, 0.717) is 25.0 Å². The number of methoxy groups -OCH3 is 1. The van der Waals surface area contributed by atoms with Gasteiger partial charge in [-0.25, -0.2) is 4.79 Å². The Labute approximate surface area is 129 Å². The van der Waals surface area contributed by atoms with Gasteiger partial charge in [-0.2, -0.15) is 0 Å². The summed E-state index contributed by atoms with van der Waals surface area (Å²) in [5.41, 5.74) is -0.463. The number of nitrogens with one attached hydrogen (secondary N) is 1. The number of ether oxygens (including phenoxy) is 2. The first-order valence-corrected chi connectivity index (χ1v) is 7.94. The van der Waals surface area contributed by atoms with Crippen LogP contribution < -0.4 is 5.32 Å². The molecule has 1 N–H and O–H groups in total. The van der Waals surface area contributed by atoms with E-state index < -0.39 is 5.60 Å². The number of carbonyl (C=O) groups is 1. The average Bonchev–Trinajstić information content (AvgIpc) is 2.76. The van der Waals surface area contributed by atoms with Gasteiger partial charge in [0, 0.05) is 19.7 Å². The highest BCUT2D eigenvalue weighted by atomic mass is 16.6. The van der Waals surface area contributed by atoms with Gasteiger partial charge >= 0.3 is 6.09 Å². The van der Waals surface area contributed by atoms with Gasteiger partial charge < -0.3 is 19.7 Å². The van der Waals surface area contributed by atoms with Crippen LogP contribution in [-0.2, 0) is 9.47 Å². The van der Waals surface area contributed by atoms with E-state index in [-0.39, 0.29) is 18.2 Å². The van der Waals surface area contributed by atoms with Gasteiger partial charge in [0.1, 0.15) is 5.60 Å². The van der Waals surface area contributed by atoms with E-state index in [2.05, 4.69) is 26.1 Å². The van der Waals surface area contributed by atoms with Crippen LogP contribution in [0.5, 0.6) is 0 Å². The summed E-state index contributed by atoms with van der Waals surface area (Å²) >= 11 is 0. The second-order valence-corrected chi connectivity index (χ2v) is 7.19. The van der Waals surface area contributed by atoms with E-state index in [1.54, 1.807) is 12.0 Å². The predicted molar refractivity (Wildman–Crippen MR) is 84.4 cm³/mol. The average molecular weight is 300 g/mol. The summed E-state index contributed by atoms with van der Waals surface area (Å²) in [5.74, 6) is 0.558. The highest BCUT2D eigenvalue weighted by Gasteiger charge is 2.38. The predicted octanol–water partition coefficient (Wildman–Crippen LogP) is 2.64. The number of hydrogen-bond acceptors (Lipinski definition) is 4. The van der Waals surface area contributed by atoms with Crippen LogP contribution in [0.15, 0.2) is 0 Å². The van der Waals surface area contributed by atoms with Gasteiger partial charge in [0.05, 0.1) is 18.7 Å². The molecule has 0 aromatic heterocycles. The van der Waals surface area contributed by atoms with Crippen LogP contribution in [0, 0.1) is 5.92 Å². The molecule has 1 saturated heterocycles. The standard InChI is InChI=1S/C16H32N2O3/c1-8-12(11(2)3)17-13-9-18(10-14(13)20-7)15(19)21-16(4,5)6/h11-14,17H,8-10H2,1-7H3/t12?,13?,14-/m0/s1. The Hall–Kier alpha value is -0.810. The minimum atomic E-state index is -0.463. The second kappa shape index (κ2) is 7.45. The Balaban J connectivity index is 2.65. The maximum Gasteiger partial charge on any atom is 0.410 e. The Bertz CT molecular complexity index is 339. The van der Waals surface area contributed by atoms with Crippen molar-refractivity contribution in [3.05, 3.63) is 0 Å². The molecule has 0 bridgehead atoms. The maximum atomic E-state index is 12.2. The van der Waals surface area contributed by atoms with E-state index in [1.807, 2.05) is 20.8 Å². The maximum absolute atomic E-state index is 12.2. The lowest BCUT2D eigenvalue weighted by Gasteiger charge is -2.27. The molecule has 1 rings (SSSR count). The first-order valence-electron chi connectivity index (χ1n) is 7.94. The number of amides is 1. The lowest BCUT2D eigenvalue weighted by Crippen LogP contribution is -2.47. The molecule has 1 aliphatic heterocycles. The minimum Gasteiger partial charge on any atom is -0.444 e. The van der Waals surface area contributed by atoms with E-state index in [9.17, 15) is 4.79 Å². The van der Waals surface area contributed by atoms with Crippen molar-refractivity contribution in [1.29, 1.82) is 0 Å². The zero-order valence-electron chi connectivity index (χ0n) is 14.6. The molecule has 1 amide bonds. The summed E-state index contributed by atoms with van der Waals surface area (Å²) in [6.07, 6.45) is 0.827. The quantitative estimate of drug-likeness (QED) is 0.848. The van der Waals surface area contributed by atoms with Crippen molar-refractivity contribution in [3.63, 3.8) is 0 Å². The molecule has 0 spiro atoms. The van der Waals surface area contributed by atoms with Crippen molar-refractivity contribution < 1.29 is 14.3 Å². The third-order valence-corrected chi connectivity index (χ3v) is 3.89. The molecule has 2 unspecified atom stereocenters. The fraction of sp³-hybridized carbons (Fsp3) is 0.938. The van der Waals surface area contributed by atoms with Gasteiger partial charge in [0.25, 0.3) is 0 Å². The fourth-order valence-electron chi connectivity index (χ4n) is 2.71. The molecular weight excluding hydrogens is 268 g/mol. The van der Waals surface area contributed by atoms with E-state index in [1.165, 1.54) is 0 Å². The highest BCUT2D eigenvalue weighted by Crippen LogP contribution is 2.19. The SMILES string of the molecule is CCC(NC1CN(C(=O)OC(C)(C)C)C[C@@H]1OC)C(C)C. The van der Waals surface area contributed by atoms with Gasteiger partial charge in [0.2, 0.25) is 0 Å². The lowest BCUT2D eigenvalue weighted by atomic mass is 10.00. The van der Waals surface area contributed by atoms with E-state index in [4.69, 9.17) is 9.47 Å². The monoisotopic (exact) mass is 300 g/mol. The molecule has 0 saturated carbocycles. The van der Waals surface area contributed by atoms with Crippen LogP contribution in [-0.4, -0.2) is 55.0 Å². The first-order chi connectivity index (χ1) is 9.67. The Morgan fingerprint density at radius 3 is 2.38 bits per heavy atom. The molecule has 21 heavy (non-hydrogen) atoms. The molecule has 3 atom stereocenters. The van der Waals surface area contributed by atoms with Crippen LogP contribution >= 0.6 is 0 Å². The summed E-state index contributed by atoms with van der Waals surface area (Å²) in [4.78, 5) is 13.9. The van der Waals surface area contributed by atoms with Crippen molar-refractivity contribution >= 4 is 6.09 Å². The zero-order valence-corrected chi connectivity index (χ0v) is 14.6. The van der Waals surface area contributed by atoms with Crippen molar-refractivity contribution in [3.8, 4) is 0 Å². The van der Waals surface area contributed by atoms with Crippen molar-refractivity contribution in [1.82, 2.24) is 10.2 Å². The van der Waals surface area contributed by atoms with Gasteiger partial charge in [-0.15, -0.1) is 0 Å². The van der Waals surface area contributed by atoms with Gasteiger partial charge in [-0.05, 0) is 33.1 Å². The molecular formula is C16H32N2O3. The normalized spacial score (nSPS) is 24.5. The Morgan fingerprint density at radius 1 is 1.33 bits per heavy atom. The zero-order chi connectivity index (χ0) is 16.2. The van der Waals surface area contributed by atoms with Gasteiger partial charge in [-0.1, -0.05) is 20.8 Å². The molecule has 124 valence electrons. The second-order valence-electron chi connectivity index (χ2n) is 7.19. The summed E-state index contributed by atoms with van der Waals surface area (Å²) < 4.78 is 11.0. The molecule has 0 aromatic carbocycles. The van der Waals surface area contributed by atoms with Crippen molar-refractivity contribution in [2.24, 2.45) is 5.92 Å². The largest absolute Gasteiger partial charge is 0.444 e. The summed E-state index contributed by atoms with van der Waals surface area (Å²) in [6.45, 7) is 13.5. The number of hydrogen-bond donors (Lipinski definition) is 1. The van der Waals surface area contributed by atoms with E-state index in [0.717, 1.165) is 6.42 Å².